The molecule has 1 N–H and O–H groups in total. The predicted octanol–water partition coefficient (Wildman–Crippen LogP) is 3.51. The fraction of sp³-hybridized carbons (Fsp3) is 0.810. The molecule has 0 aromatic carbocycles. The third-order valence-electron chi connectivity index (χ3n) is 6.00. The van der Waals surface area contributed by atoms with Crippen LogP contribution < -0.4 is 5.32 Å². The quantitative estimate of drug-likeness (QED) is 0.653. The summed E-state index contributed by atoms with van der Waals surface area (Å²) in [5.41, 5.74) is -0.517. The van der Waals surface area contributed by atoms with E-state index in [-0.39, 0.29) is 30.1 Å². The lowest BCUT2D eigenvalue weighted by Crippen LogP contribution is -2.45. The Hall–Kier alpha value is -2.36. The second-order valence-corrected chi connectivity index (χ2v) is 9.68. The molecule has 4 rings (SSSR count). The van der Waals surface area contributed by atoms with E-state index in [1.807, 2.05) is 20.8 Å². The number of hydroxylamine groups is 2. The molecule has 3 amide bonds. The zero-order valence-corrected chi connectivity index (χ0v) is 18.8. The molecule has 10 nitrogen and oxygen atoms in total. The molecule has 0 radical (unpaired) electrons. The van der Waals surface area contributed by atoms with E-state index in [4.69, 9.17) is 14.0 Å². The molecular formula is C21H33N5O5. The van der Waals surface area contributed by atoms with Gasteiger partial charge in [-0.25, -0.2) is 9.59 Å². The van der Waals surface area contributed by atoms with Gasteiger partial charge < -0.3 is 19.4 Å². The van der Waals surface area contributed by atoms with E-state index in [0.717, 1.165) is 38.5 Å². The van der Waals surface area contributed by atoms with Crippen LogP contribution in [0.4, 0.5) is 9.59 Å². The van der Waals surface area contributed by atoms with E-state index in [1.54, 1.807) is 4.90 Å². The lowest BCUT2D eigenvalue weighted by molar-refractivity contribution is -0.130. The minimum Gasteiger partial charge on any atom is -0.444 e. The molecule has 1 aromatic heterocycles. The number of rotatable bonds is 7. The number of nitrogens with zero attached hydrogens (tertiary/aromatic N) is 4. The maximum atomic E-state index is 12.8. The smallest absolute Gasteiger partial charge is 0.407 e. The van der Waals surface area contributed by atoms with Crippen molar-refractivity contribution in [2.75, 3.05) is 13.2 Å². The molecule has 1 aliphatic carbocycles. The Morgan fingerprint density at radius 2 is 1.97 bits per heavy atom. The van der Waals surface area contributed by atoms with Gasteiger partial charge in [0.15, 0.2) is 0 Å². The predicted molar refractivity (Wildman–Crippen MR) is 110 cm³/mol. The van der Waals surface area contributed by atoms with Gasteiger partial charge in [0.1, 0.15) is 11.6 Å². The zero-order valence-electron chi connectivity index (χ0n) is 18.8. The van der Waals surface area contributed by atoms with Gasteiger partial charge >= 0.3 is 12.1 Å². The van der Waals surface area contributed by atoms with Crippen molar-refractivity contribution >= 4 is 12.1 Å². The van der Waals surface area contributed by atoms with Crippen LogP contribution in [0.2, 0.25) is 0 Å². The number of urea groups is 1. The van der Waals surface area contributed by atoms with E-state index in [2.05, 4.69) is 22.4 Å². The molecule has 1 aromatic rings. The molecule has 2 bridgehead atoms. The van der Waals surface area contributed by atoms with Gasteiger partial charge in [-0.2, -0.15) is 5.06 Å². The molecule has 1 saturated carbocycles. The largest absolute Gasteiger partial charge is 0.444 e. The van der Waals surface area contributed by atoms with Gasteiger partial charge in [-0.15, -0.1) is 10.2 Å². The SMILES string of the molecule is CCCCON1C(=O)N2C[C@H]1CC[C@H]2c1nnc([C@H]2C[C@H](NC(=O)OC(C)(C)C)C2)o1. The number of unbranched alkanes of at least 4 members (excludes halogenated alkanes) is 1. The third kappa shape index (κ3) is 4.78. The van der Waals surface area contributed by atoms with Crippen LogP contribution in [0.25, 0.3) is 0 Å². The average molecular weight is 436 g/mol. The molecule has 3 heterocycles. The number of carbonyl (C=O) groups is 2. The van der Waals surface area contributed by atoms with E-state index in [0.29, 0.717) is 24.9 Å². The molecule has 31 heavy (non-hydrogen) atoms. The summed E-state index contributed by atoms with van der Waals surface area (Å²) in [5, 5.41) is 12.9. The highest BCUT2D eigenvalue weighted by Gasteiger charge is 2.48. The number of aromatic nitrogens is 2. The number of fused-ring (bicyclic) bond motifs is 2. The van der Waals surface area contributed by atoms with Gasteiger partial charge in [-0.1, -0.05) is 13.3 Å². The van der Waals surface area contributed by atoms with Crippen molar-refractivity contribution in [1.82, 2.24) is 25.5 Å². The van der Waals surface area contributed by atoms with Crippen molar-refractivity contribution < 1.29 is 23.6 Å². The lowest BCUT2D eigenvalue weighted by atomic mass is 9.80. The molecule has 172 valence electrons. The number of carbonyl (C=O) groups excluding carboxylic acids is 2. The van der Waals surface area contributed by atoms with Crippen molar-refractivity contribution in [2.45, 2.75) is 95.9 Å². The molecular weight excluding hydrogens is 402 g/mol. The molecule has 3 fully saturated rings. The van der Waals surface area contributed by atoms with Gasteiger partial charge in [-0.05, 0) is 52.9 Å². The summed E-state index contributed by atoms with van der Waals surface area (Å²) >= 11 is 0. The Morgan fingerprint density at radius 1 is 1.23 bits per heavy atom. The Morgan fingerprint density at radius 3 is 2.68 bits per heavy atom. The minimum atomic E-state index is -0.517. The monoisotopic (exact) mass is 435 g/mol. The first kappa shape index (κ1) is 21.9. The van der Waals surface area contributed by atoms with Crippen LogP contribution in [0.15, 0.2) is 4.42 Å². The molecule has 2 atom stereocenters. The summed E-state index contributed by atoms with van der Waals surface area (Å²) < 4.78 is 11.3. The molecule has 10 heteroatoms. The number of hydrogen-bond donors (Lipinski definition) is 1. The Balaban J connectivity index is 1.30. The topological polar surface area (TPSA) is 110 Å². The summed E-state index contributed by atoms with van der Waals surface area (Å²) in [6.45, 7) is 8.79. The van der Waals surface area contributed by atoms with E-state index >= 15 is 0 Å². The summed E-state index contributed by atoms with van der Waals surface area (Å²) in [5.74, 6) is 1.17. The molecule has 3 aliphatic rings. The average Bonchev–Trinajstić information content (AvgIpc) is 3.23. The summed E-state index contributed by atoms with van der Waals surface area (Å²) in [6, 6.07) is -0.192. The number of nitrogens with one attached hydrogen (secondary N) is 1. The van der Waals surface area contributed by atoms with Gasteiger partial charge in [-0.3, -0.25) is 4.84 Å². The van der Waals surface area contributed by atoms with Crippen molar-refractivity contribution in [3.05, 3.63) is 11.8 Å². The summed E-state index contributed by atoms with van der Waals surface area (Å²) in [7, 11) is 0. The number of hydrogen-bond acceptors (Lipinski definition) is 7. The fourth-order valence-corrected chi connectivity index (χ4v) is 4.32. The first-order valence-corrected chi connectivity index (χ1v) is 11.3. The van der Waals surface area contributed by atoms with Gasteiger partial charge in [0, 0.05) is 18.5 Å². The first-order chi connectivity index (χ1) is 14.7. The molecule has 2 saturated heterocycles. The lowest BCUT2D eigenvalue weighted by Gasteiger charge is -2.34. The normalized spacial score (nSPS) is 27.9. The zero-order chi connectivity index (χ0) is 22.2. The standard InChI is InChI=1S/C21H33N5O5/c1-5-6-9-29-26-15-7-8-16(25(12-15)20(26)28)18-24-23-17(30-18)13-10-14(11-13)22-19(27)31-21(2,3)4/h13-16H,5-12H2,1-4H3,(H,22,27)/t13-,14-,15-,16+/m1/s1. The van der Waals surface area contributed by atoms with E-state index in [1.165, 1.54) is 5.06 Å². The van der Waals surface area contributed by atoms with Crippen LogP contribution in [0.1, 0.15) is 90.0 Å². The van der Waals surface area contributed by atoms with Crippen LogP contribution in [0, 0.1) is 0 Å². The van der Waals surface area contributed by atoms with Gasteiger partial charge in [0.25, 0.3) is 0 Å². The highest BCUT2D eigenvalue weighted by Crippen LogP contribution is 2.41. The van der Waals surface area contributed by atoms with Crippen LogP contribution >= 0.6 is 0 Å². The number of ether oxygens (including phenoxy) is 1. The second-order valence-electron chi connectivity index (χ2n) is 9.68. The van der Waals surface area contributed by atoms with E-state index < -0.39 is 11.7 Å². The Bertz CT molecular complexity index is 800. The number of amides is 3. The van der Waals surface area contributed by atoms with Crippen molar-refractivity contribution in [3.8, 4) is 0 Å². The minimum absolute atomic E-state index is 0.0413. The first-order valence-electron chi connectivity index (χ1n) is 11.3. The summed E-state index contributed by atoms with van der Waals surface area (Å²) in [6.07, 6.45) is 4.64. The van der Waals surface area contributed by atoms with Crippen LogP contribution in [0.3, 0.4) is 0 Å². The molecule has 2 aliphatic heterocycles. The van der Waals surface area contributed by atoms with Gasteiger partial charge in [0.05, 0.1) is 12.6 Å². The van der Waals surface area contributed by atoms with Crippen LogP contribution in [-0.2, 0) is 9.57 Å². The van der Waals surface area contributed by atoms with Crippen LogP contribution in [-0.4, -0.2) is 63.1 Å². The molecule has 0 spiro atoms. The maximum Gasteiger partial charge on any atom is 0.407 e. The fourth-order valence-electron chi connectivity index (χ4n) is 4.32. The number of alkyl carbamates (subject to hydrolysis) is 1. The highest BCUT2D eigenvalue weighted by molar-refractivity contribution is 5.77. The molecule has 0 unspecified atom stereocenters. The highest BCUT2D eigenvalue weighted by atomic mass is 16.7. The maximum absolute atomic E-state index is 12.8. The summed E-state index contributed by atoms with van der Waals surface area (Å²) in [4.78, 5) is 32.2. The van der Waals surface area contributed by atoms with E-state index in [9.17, 15) is 9.59 Å². The van der Waals surface area contributed by atoms with Gasteiger partial charge in [0.2, 0.25) is 11.8 Å². The second kappa shape index (κ2) is 8.64. The number of piperidine rings is 1. The Labute approximate surface area is 182 Å². The Kier molecular flexibility index (Phi) is 6.09. The third-order valence-corrected chi connectivity index (χ3v) is 6.00. The van der Waals surface area contributed by atoms with Crippen LogP contribution in [0.5, 0.6) is 0 Å². The van der Waals surface area contributed by atoms with Crippen molar-refractivity contribution in [1.29, 1.82) is 0 Å². The van der Waals surface area contributed by atoms with Crippen molar-refractivity contribution in [3.63, 3.8) is 0 Å². The van der Waals surface area contributed by atoms with Crippen molar-refractivity contribution in [2.24, 2.45) is 0 Å².